The Morgan fingerprint density at radius 2 is 1.77 bits per heavy atom. The quantitative estimate of drug-likeness (QED) is 0.576. The minimum Gasteiger partial charge on any atom is -0.452 e. The number of halogens is 1. The van der Waals surface area contributed by atoms with Crippen LogP contribution in [0.3, 0.4) is 0 Å². The molecule has 1 saturated carbocycles. The van der Waals surface area contributed by atoms with Crippen LogP contribution in [0.25, 0.3) is 5.69 Å². The summed E-state index contributed by atoms with van der Waals surface area (Å²) in [6.07, 6.45) is 2.15. The second-order valence-corrected chi connectivity index (χ2v) is 7.73. The number of aromatic nitrogens is 2. The highest BCUT2D eigenvalue weighted by atomic mass is 35.5. The number of esters is 1. The van der Waals surface area contributed by atoms with Gasteiger partial charge in [-0.3, -0.25) is 4.79 Å². The molecule has 1 atom stereocenters. The third kappa shape index (κ3) is 4.39. The maximum Gasteiger partial charge on any atom is 0.343 e. The number of para-hydroxylation sites is 1. The molecule has 0 aliphatic heterocycles. The largest absolute Gasteiger partial charge is 0.452 e. The van der Waals surface area contributed by atoms with E-state index in [2.05, 4.69) is 10.4 Å². The molecule has 1 amide bonds. The fraction of sp³-hybridized carbons (Fsp3) is 0.261. The Hall–Kier alpha value is -3.12. The Kier molecular flexibility index (Phi) is 5.86. The predicted molar refractivity (Wildman–Crippen MR) is 114 cm³/mol. The van der Waals surface area contributed by atoms with Crippen LogP contribution in [-0.4, -0.2) is 28.3 Å². The SMILES string of the molecule is Cc1nn(-c2ccccc2)c(Cl)c1C(=O)OCC(=O)NC(c1ccccc1)C1CC1. The highest BCUT2D eigenvalue weighted by Crippen LogP contribution is 2.40. The molecular formula is C23H22ClN3O3. The minimum absolute atomic E-state index is 0.0662. The van der Waals surface area contributed by atoms with Gasteiger partial charge in [-0.2, -0.15) is 5.10 Å². The number of hydrogen-bond acceptors (Lipinski definition) is 4. The number of ether oxygens (including phenoxy) is 1. The maximum absolute atomic E-state index is 12.6. The summed E-state index contributed by atoms with van der Waals surface area (Å²) in [7, 11) is 0. The third-order valence-corrected chi connectivity index (χ3v) is 5.46. The van der Waals surface area contributed by atoms with E-state index in [1.165, 1.54) is 4.68 Å². The number of benzene rings is 2. The van der Waals surface area contributed by atoms with Crippen molar-refractivity contribution < 1.29 is 14.3 Å². The van der Waals surface area contributed by atoms with E-state index in [4.69, 9.17) is 16.3 Å². The van der Waals surface area contributed by atoms with Crippen LogP contribution < -0.4 is 5.32 Å². The van der Waals surface area contributed by atoms with Crippen molar-refractivity contribution in [2.75, 3.05) is 6.61 Å². The molecular weight excluding hydrogens is 402 g/mol. The minimum atomic E-state index is -0.669. The molecule has 1 fully saturated rings. The van der Waals surface area contributed by atoms with Crippen LogP contribution >= 0.6 is 11.6 Å². The van der Waals surface area contributed by atoms with E-state index in [1.54, 1.807) is 6.92 Å². The average molecular weight is 424 g/mol. The fourth-order valence-electron chi connectivity index (χ4n) is 3.45. The molecule has 7 heteroatoms. The van der Waals surface area contributed by atoms with Crippen molar-refractivity contribution in [3.63, 3.8) is 0 Å². The zero-order valence-electron chi connectivity index (χ0n) is 16.5. The highest BCUT2D eigenvalue weighted by Gasteiger charge is 2.33. The van der Waals surface area contributed by atoms with Crippen LogP contribution in [0.15, 0.2) is 60.7 Å². The van der Waals surface area contributed by atoms with Gasteiger partial charge in [0, 0.05) is 0 Å². The molecule has 154 valence electrons. The van der Waals surface area contributed by atoms with Crippen LogP contribution in [0.1, 0.15) is 40.5 Å². The molecule has 1 aliphatic carbocycles. The van der Waals surface area contributed by atoms with Gasteiger partial charge in [0.25, 0.3) is 5.91 Å². The molecule has 0 bridgehead atoms. The molecule has 1 N–H and O–H groups in total. The standard InChI is InChI=1S/C23H22ClN3O3/c1-15-20(22(24)27(26-15)18-10-6-3-7-11-18)23(29)30-14-19(28)25-21(17-12-13-17)16-8-4-2-5-9-16/h2-11,17,21H,12-14H2,1H3,(H,25,28). The topological polar surface area (TPSA) is 73.2 Å². The van der Waals surface area contributed by atoms with E-state index in [0.717, 1.165) is 24.1 Å². The molecule has 2 aromatic carbocycles. The van der Waals surface area contributed by atoms with E-state index in [-0.39, 0.29) is 29.3 Å². The maximum atomic E-state index is 12.6. The van der Waals surface area contributed by atoms with Crippen LogP contribution in [-0.2, 0) is 9.53 Å². The lowest BCUT2D eigenvalue weighted by molar-refractivity contribution is -0.125. The van der Waals surface area contributed by atoms with Gasteiger partial charge in [0.2, 0.25) is 0 Å². The first-order chi connectivity index (χ1) is 14.5. The van der Waals surface area contributed by atoms with Crippen molar-refractivity contribution in [1.29, 1.82) is 0 Å². The van der Waals surface area contributed by atoms with Gasteiger partial charge in [-0.05, 0) is 43.4 Å². The monoisotopic (exact) mass is 423 g/mol. The number of nitrogens with one attached hydrogen (secondary N) is 1. The molecule has 6 nitrogen and oxygen atoms in total. The Morgan fingerprint density at radius 1 is 1.13 bits per heavy atom. The van der Waals surface area contributed by atoms with Gasteiger partial charge in [-0.15, -0.1) is 0 Å². The first-order valence-electron chi connectivity index (χ1n) is 9.86. The number of carbonyl (C=O) groups is 2. The van der Waals surface area contributed by atoms with Crippen LogP contribution in [0, 0.1) is 12.8 Å². The average Bonchev–Trinajstić information content (AvgIpc) is 3.56. The summed E-state index contributed by atoms with van der Waals surface area (Å²) in [4.78, 5) is 25.0. The lowest BCUT2D eigenvalue weighted by atomic mass is 10.0. The number of rotatable bonds is 7. The summed E-state index contributed by atoms with van der Waals surface area (Å²) in [5, 5.41) is 7.48. The van der Waals surface area contributed by atoms with Gasteiger partial charge in [-0.1, -0.05) is 60.1 Å². The predicted octanol–water partition coefficient (Wildman–Crippen LogP) is 4.26. The van der Waals surface area contributed by atoms with Gasteiger partial charge >= 0.3 is 5.97 Å². The van der Waals surface area contributed by atoms with Gasteiger partial charge in [0.15, 0.2) is 6.61 Å². The number of nitrogens with zero attached hydrogens (tertiary/aromatic N) is 2. The summed E-state index contributed by atoms with van der Waals surface area (Å²) in [5.41, 5.74) is 2.39. The molecule has 3 aromatic rings. The lowest BCUT2D eigenvalue weighted by Crippen LogP contribution is -2.33. The smallest absolute Gasteiger partial charge is 0.343 e. The van der Waals surface area contributed by atoms with E-state index in [1.807, 2.05) is 60.7 Å². The Morgan fingerprint density at radius 3 is 2.40 bits per heavy atom. The molecule has 0 spiro atoms. The lowest BCUT2D eigenvalue weighted by Gasteiger charge is -2.18. The summed E-state index contributed by atoms with van der Waals surface area (Å²) < 4.78 is 6.73. The molecule has 1 unspecified atom stereocenters. The van der Waals surface area contributed by atoms with Crippen molar-refractivity contribution in [2.45, 2.75) is 25.8 Å². The van der Waals surface area contributed by atoms with Crippen molar-refractivity contribution in [3.8, 4) is 5.69 Å². The molecule has 30 heavy (non-hydrogen) atoms. The first kappa shape index (κ1) is 20.2. The van der Waals surface area contributed by atoms with Crippen molar-refractivity contribution >= 4 is 23.5 Å². The Labute approximate surface area is 179 Å². The van der Waals surface area contributed by atoms with E-state index in [9.17, 15) is 9.59 Å². The zero-order chi connectivity index (χ0) is 21.1. The van der Waals surface area contributed by atoms with Crippen molar-refractivity contribution in [3.05, 3.63) is 82.6 Å². The van der Waals surface area contributed by atoms with Crippen LogP contribution in [0.4, 0.5) is 0 Å². The van der Waals surface area contributed by atoms with Gasteiger partial charge in [0.1, 0.15) is 10.7 Å². The normalized spacial score (nSPS) is 14.2. The number of carbonyl (C=O) groups excluding carboxylic acids is 2. The number of aryl methyl sites for hydroxylation is 1. The fourth-order valence-corrected chi connectivity index (χ4v) is 3.80. The Bertz CT molecular complexity index is 1050. The van der Waals surface area contributed by atoms with E-state index >= 15 is 0 Å². The Balaban J connectivity index is 1.41. The summed E-state index contributed by atoms with van der Waals surface area (Å²) in [6.45, 7) is 1.31. The summed E-state index contributed by atoms with van der Waals surface area (Å²) in [6, 6.07) is 19.0. The van der Waals surface area contributed by atoms with Crippen molar-refractivity contribution in [2.24, 2.45) is 5.92 Å². The number of amides is 1. The number of hydrogen-bond donors (Lipinski definition) is 1. The molecule has 0 saturated heterocycles. The second-order valence-electron chi connectivity index (χ2n) is 7.37. The van der Waals surface area contributed by atoms with Gasteiger partial charge in [-0.25, -0.2) is 9.48 Å². The molecule has 4 rings (SSSR count). The third-order valence-electron chi connectivity index (χ3n) is 5.11. The van der Waals surface area contributed by atoms with Gasteiger partial charge < -0.3 is 10.1 Å². The van der Waals surface area contributed by atoms with Crippen LogP contribution in [0.5, 0.6) is 0 Å². The van der Waals surface area contributed by atoms with Gasteiger partial charge in [0.05, 0.1) is 17.4 Å². The zero-order valence-corrected chi connectivity index (χ0v) is 17.3. The first-order valence-corrected chi connectivity index (χ1v) is 10.2. The highest BCUT2D eigenvalue weighted by molar-refractivity contribution is 6.33. The molecule has 1 aromatic heterocycles. The molecule has 1 aliphatic rings. The van der Waals surface area contributed by atoms with E-state index in [0.29, 0.717) is 11.6 Å². The van der Waals surface area contributed by atoms with Crippen molar-refractivity contribution in [1.82, 2.24) is 15.1 Å². The second kappa shape index (κ2) is 8.71. The van der Waals surface area contributed by atoms with E-state index < -0.39 is 5.97 Å². The molecule has 1 heterocycles. The van der Waals surface area contributed by atoms with Crippen LogP contribution in [0.2, 0.25) is 5.15 Å². The summed E-state index contributed by atoms with van der Waals surface area (Å²) in [5.74, 6) is -0.585. The summed E-state index contributed by atoms with van der Waals surface area (Å²) >= 11 is 6.39. The molecule has 0 radical (unpaired) electrons.